The zero-order chi connectivity index (χ0) is 14.5. The molecule has 0 atom stereocenters. The second kappa shape index (κ2) is 7.87. The molecule has 0 bridgehead atoms. The third-order valence-corrected chi connectivity index (χ3v) is 3.01. The van der Waals surface area contributed by atoms with Crippen LogP contribution in [0.15, 0.2) is 29.3 Å². The van der Waals surface area contributed by atoms with Crippen molar-refractivity contribution in [3.63, 3.8) is 0 Å². The number of aromatic amines is 1. The number of halogens is 2. The number of methoxy groups -OCH3 is 1. The molecule has 1 aromatic heterocycles. The van der Waals surface area contributed by atoms with Crippen molar-refractivity contribution in [2.24, 2.45) is 10.7 Å². The van der Waals surface area contributed by atoms with E-state index >= 15 is 0 Å². The lowest BCUT2D eigenvalue weighted by molar-refractivity contribution is 0.0998. The number of nitrogens with zero attached hydrogens (tertiary/aromatic N) is 1. The van der Waals surface area contributed by atoms with Gasteiger partial charge >= 0.3 is 0 Å². The van der Waals surface area contributed by atoms with Gasteiger partial charge in [-0.25, -0.2) is 0 Å². The second-order valence-corrected chi connectivity index (χ2v) is 4.51. The van der Waals surface area contributed by atoms with E-state index in [1.807, 2.05) is 6.07 Å². The summed E-state index contributed by atoms with van der Waals surface area (Å²) in [7, 11) is 1.58. The van der Waals surface area contributed by atoms with E-state index in [4.69, 9.17) is 22.1 Å². The predicted octanol–water partition coefficient (Wildman–Crippen LogP) is 1.93. The third-order valence-electron chi connectivity index (χ3n) is 2.68. The normalized spacial score (nSPS) is 11.2. The van der Waals surface area contributed by atoms with Gasteiger partial charge in [0.1, 0.15) is 5.69 Å². The molecule has 0 aliphatic heterocycles. The largest absolute Gasteiger partial charge is 0.383 e. The van der Waals surface area contributed by atoms with Crippen LogP contribution in [0.1, 0.15) is 10.5 Å². The minimum absolute atomic E-state index is 0. The Morgan fingerprint density at radius 3 is 2.95 bits per heavy atom. The quantitative estimate of drug-likeness (QED) is 0.453. The Labute approximate surface area is 133 Å². The molecule has 0 fully saturated rings. The molecule has 1 heterocycles. The highest BCUT2D eigenvalue weighted by Crippen LogP contribution is 2.24. The number of benzene rings is 1. The van der Waals surface area contributed by atoms with Crippen molar-refractivity contribution in [3.8, 4) is 0 Å². The summed E-state index contributed by atoms with van der Waals surface area (Å²) in [5.41, 5.74) is 6.72. The molecule has 1 aromatic carbocycles. The van der Waals surface area contributed by atoms with Crippen molar-refractivity contribution >= 4 is 46.8 Å². The number of hydrogen-bond acceptors (Lipinski definition) is 2. The second-order valence-electron chi connectivity index (χ2n) is 4.11. The van der Waals surface area contributed by atoms with Crippen LogP contribution in [0.2, 0.25) is 5.02 Å². The number of aromatic nitrogens is 1. The summed E-state index contributed by atoms with van der Waals surface area (Å²) in [4.78, 5) is 18.7. The highest BCUT2D eigenvalue weighted by Gasteiger charge is 2.10. The molecule has 2 rings (SSSR count). The van der Waals surface area contributed by atoms with Crippen molar-refractivity contribution in [2.45, 2.75) is 0 Å². The number of carbonyl (C=O) groups excluding carboxylic acids is 1. The van der Waals surface area contributed by atoms with Crippen LogP contribution in [0.25, 0.3) is 10.9 Å². The van der Waals surface area contributed by atoms with Gasteiger partial charge in [0.15, 0.2) is 5.96 Å². The minimum atomic E-state index is -0.459. The summed E-state index contributed by atoms with van der Waals surface area (Å²) in [6.45, 7) is 0.962. The average molecular weight is 331 g/mol. The molecule has 6 nitrogen and oxygen atoms in total. The van der Waals surface area contributed by atoms with E-state index in [2.05, 4.69) is 15.3 Å². The van der Waals surface area contributed by atoms with Gasteiger partial charge in [0.2, 0.25) is 0 Å². The number of nitrogens with two attached hydrogens (primary N) is 1. The summed E-state index contributed by atoms with van der Waals surface area (Å²) in [5.74, 6) is -0.406. The molecule has 0 unspecified atom stereocenters. The molecule has 0 aliphatic rings. The highest BCUT2D eigenvalue weighted by atomic mass is 35.5. The van der Waals surface area contributed by atoms with Crippen molar-refractivity contribution in [1.29, 1.82) is 0 Å². The van der Waals surface area contributed by atoms with Crippen LogP contribution in [0, 0.1) is 0 Å². The van der Waals surface area contributed by atoms with Crippen LogP contribution in [0.3, 0.4) is 0 Å². The van der Waals surface area contributed by atoms with Crippen molar-refractivity contribution < 1.29 is 9.53 Å². The van der Waals surface area contributed by atoms with Gasteiger partial charge in [0.25, 0.3) is 5.91 Å². The van der Waals surface area contributed by atoms with E-state index < -0.39 is 5.91 Å². The molecule has 8 heteroatoms. The summed E-state index contributed by atoms with van der Waals surface area (Å²) in [6.07, 6.45) is 0. The van der Waals surface area contributed by atoms with E-state index in [1.165, 1.54) is 0 Å². The average Bonchev–Trinajstić information content (AvgIpc) is 2.84. The van der Waals surface area contributed by atoms with Gasteiger partial charge in [-0.3, -0.25) is 4.79 Å². The minimum Gasteiger partial charge on any atom is -0.383 e. The number of rotatable bonds is 4. The van der Waals surface area contributed by atoms with E-state index in [0.29, 0.717) is 23.9 Å². The monoisotopic (exact) mass is 330 g/mol. The fourth-order valence-electron chi connectivity index (χ4n) is 1.72. The van der Waals surface area contributed by atoms with E-state index in [0.717, 1.165) is 10.9 Å². The lowest BCUT2D eigenvalue weighted by Crippen LogP contribution is -2.34. The summed E-state index contributed by atoms with van der Waals surface area (Å²) < 4.78 is 4.86. The van der Waals surface area contributed by atoms with Crippen molar-refractivity contribution in [1.82, 2.24) is 10.3 Å². The number of nitrogens with one attached hydrogen (secondary N) is 2. The number of H-pyrrole nitrogens is 1. The van der Waals surface area contributed by atoms with Crippen LogP contribution in [0.4, 0.5) is 0 Å². The molecule has 0 saturated carbocycles. The first kappa shape index (κ1) is 17.3. The Bertz CT molecular complexity index is 655. The molecule has 2 aromatic rings. The van der Waals surface area contributed by atoms with Crippen LogP contribution >= 0.6 is 24.0 Å². The Morgan fingerprint density at radius 1 is 1.52 bits per heavy atom. The molecular formula is C13H16Cl2N4O2. The Hall–Kier alpha value is -1.76. The number of amides is 1. The molecule has 0 saturated heterocycles. The molecule has 114 valence electrons. The first-order valence-electron chi connectivity index (χ1n) is 6.00. The lowest BCUT2D eigenvalue weighted by Gasteiger charge is -2.03. The van der Waals surface area contributed by atoms with Gasteiger partial charge in [-0.15, -0.1) is 12.4 Å². The first-order valence-corrected chi connectivity index (χ1v) is 6.38. The highest BCUT2D eigenvalue weighted by molar-refractivity contribution is 6.35. The zero-order valence-corrected chi connectivity index (χ0v) is 12.9. The number of hydrogen-bond donors (Lipinski definition) is 3. The maximum Gasteiger partial charge on any atom is 0.296 e. The smallest absolute Gasteiger partial charge is 0.296 e. The number of ether oxygens (including phenoxy) is 1. The van der Waals surface area contributed by atoms with Crippen molar-refractivity contribution in [3.05, 3.63) is 35.0 Å². The number of aliphatic imine (C=N–C) groups is 1. The summed E-state index contributed by atoms with van der Waals surface area (Å²) in [6, 6.07) is 7.06. The molecule has 21 heavy (non-hydrogen) atoms. The van der Waals surface area contributed by atoms with Gasteiger partial charge in [-0.1, -0.05) is 17.7 Å². The molecule has 0 radical (unpaired) electrons. The first-order chi connectivity index (χ1) is 9.61. The maximum absolute atomic E-state index is 12.0. The predicted molar refractivity (Wildman–Crippen MR) is 86.4 cm³/mol. The van der Waals surface area contributed by atoms with E-state index in [-0.39, 0.29) is 18.4 Å². The molecule has 0 aliphatic carbocycles. The summed E-state index contributed by atoms with van der Waals surface area (Å²) in [5, 5.41) is 4.12. The van der Waals surface area contributed by atoms with Gasteiger partial charge in [-0.2, -0.15) is 4.99 Å². The van der Waals surface area contributed by atoms with Gasteiger partial charge in [0.05, 0.1) is 6.61 Å². The van der Waals surface area contributed by atoms with Crippen molar-refractivity contribution in [2.75, 3.05) is 20.3 Å². The van der Waals surface area contributed by atoms with Crippen LogP contribution in [-0.4, -0.2) is 37.1 Å². The molecular weight excluding hydrogens is 315 g/mol. The zero-order valence-electron chi connectivity index (χ0n) is 11.4. The van der Waals surface area contributed by atoms with Crippen LogP contribution in [-0.2, 0) is 4.74 Å². The SMILES string of the molecule is COCCNC(N)=NC(=O)c1cc2c(Cl)cccc2[nH]1.Cl. The Balaban J connectivity index is 0.00000220. The fraction of sp³-hybridized carbons (Fsp3) is 0.231. The van der Waals surface area contributed by atoms with Crippen LogP contribution < -0.4 is 11.1 Å². The van der Waals surface area contributed by atoms with Crippen LogP contribution in [0.5, 0.6) is 0 Å². The topological polar surface area (TPSA) is 92.5 Å². The van der Waals surface area contributed by atoms with Gasteiger partial charge < -0.3 is 20.8 Å². The van der Waals surface area contributed by atoms with E-state index in [9.17, 15) is 4.79 Å². The maximum atomic E-state index is 12.0. The third kappa shape index (κ3) is 4.35. The standard InChI is InChI=1S/C13H15ClN4O2.ClH/c1-20-6-5-16-13(15)18-12(19)11-7-8-9(14)3-2-4-10(8)17-11;/h2-4,7,17H,5-6H2,1H3,(H3,15,16,18,19);1H. The number of carbonyl (C=O) groups is 1. The molecule has 0 spiro atoms. The number of fused-ring (bicyclic) bond motifs is 1. The summed E-state index contributed by atoms with van der Waals surface area (Å²) >= 11 is 6.05. The Morgan fingerprint density at radius 2 is 2.29 bits per heavy atom. The lowest BCUT2D eigenvalue weighted by atomic mass is 10.2. The van der Waals surface area contributed by atoms with E-state index in [1.54, 1.807) is 25.3 Å². The Kier molecular flexibility index (Phi) is 6.48. The fourth-order valence-corrected chi connectivity index (χ4v) is 1.95. The number of guanidine groups is 1. The molecule has 1 amide bonds. The molecule has 4 N–H and O–H groups in total. The van der Waals surface area contributed by atoms with Gasteiger partial charge in [-0.05, 0) is 18.2 Å². The van der Waals surface area contributed by atoms with Gasteiger partial charge in [0, 0.05) is 29.6 Å².